The van der Waals surface area contributed by atoms with E-state index in [0.29, 0.717) is 0 Å². The zero-order valence-corrected chi connectivity index (χ0v) is 5.68. The van der Waals surface area contributed by atoms with Crippen LogP contribution in [0.4, 0.5) is 0 Å². The summed E-state index contributed by atoms with van der Waals surface area (Å²) in [4.78, 5) is 0. The first-order chi connectivity index (χ1) is 3.80. The third-order valence-corrected chi connectivity index (χ3v) is 1.91. The number of hydrogen-bond acceptors (Lipinski definition) is 1. The Hall–Kier alpha value is -0.0400. The van der Waals surface area contributed by atoms with Crippen LogP contribution >= 0.6 is 0 Å². The second-order valence-corrected chi connectivity index (χ2v) is 2.87. The van der Waals surface area contributed by atoms with E-state index in [9.17, 15) is 0 Å². The Morgan fingerprint density at radius 1 is 1.50 bits per heavy atom. The van der Waals surface area contributed by atoms with Gasteiger partial charge in [0, 0.05) is 13.2 Å². The fraction of sp³-hybridized carbons (Fsp3) is 1.00. The zero-order valence-electron chi connectivity index (χ0n) is 5.68. The van der Waals surface area contributed by atoms with Gasteiger partial charge in [0.15, 0.2) is 0 Å². The van der Waals surface area contributed by atoms with E-state index in [1.165, 1.54) is 6.42 Å². The second-order valence-electron chi connectivity index (χ2n) is 2.87. The summed E-state index contributed by atoms with van der Waals surface area (Å²) >= 11 is 0. The molecule has 1 aliphatic heterocycles. The van der Waals surface area contributed by atoms with Crippen LogP contribution in [0.15, 0.2) is 0 Å². The number of rotatable bonds is 1. The van der Waals surface area contributed by atoms with Crippen LogP contribution in [-0.4, -0.2) is 13.2 Å². The largest absolute Gasteiger partial charge is 0.381 e. The van der Waals surface area contributed by atoms with E-state index in [1.807, 2.05) is 0 Å². The van der Waals surface area contributed by atoms with E-state index in [-0.39, 0.29) is 0 Å². The van der Waals surface area contributed by atoms with Gasteiger partial charge in [-0.2, -0.15) is 0 Å². The molecule has 1 nitrogen and oxygen atoms in total. The van der Waals surface area contributed by atoms with Crippen molar-refractivity contribution in [1.29, 1.82) is 0 Å². The van der Waals surface area contributed by atoms with Crippen molar-refractivity contribution in [3.8, 4) is 0 Å². The third-order valence-electron chi connectivity index (χ3n) is 1.91. The Morgan fingerprint density at radius 2 is 2.25 bits per heavy atom. The molecule has 1 aliphatic rings. The van der Waals surface area contributed by atoms with Crippen LogP contribution in [0.1, 0.15) is 20.3 Å². The molecule has 1 atom stereocenters. The summed E-state index contributed by atoms with van der Waals surface area (Å²) in [6.45, 7) is 6.51. The molecule has 48 valence electrons. The van der Waals surface area contributed by atoms with Gasteiger partial charge in [0.1, 0.15) is 0 Å². The molecule has 0 N–H and O–H groups in total. The number of hydrogen-bond donors (Lipinski definition) is 0. The first-order valence-corrected chi connectivity index (χ1v) is 3.38. The van der Waals surface area contributed by atoms with Gasteiger partial charge in [-0.1, -0.05) is 13.8 Å². The lowest BCUT2D eigenvalue weighted by atomic mass is 9.96. The van der Waals surface area contributed by atoms with Crippen LogP contribution < -0.4 is 0 Å². The standard InChI is InChI=1S/C7H14O/c1-6(2)7-3-4-8-5-7/h6-7H,3-5H2,1-2H3/t7-/m0/s1. The van der Waals surface area contributed by atoms with E-state index >= 15 is 0 Å². The van der Waals surface area contributed by atoms with Gasteiger partial charge in [-0.25, -0.2) is 0 Å². The molecular formula is C7H14O. The van der Waals surface area contributed by atoms with Crippen LogP contribution in [0.3, 0.4) is 0 Å². The summed E-state index contributed by atoms with van der Waals surface area (Å²) in [7, 11) is 0. The Labute approximate surface area is 51.0 Å². The maximum Gasteiger partial charge on any atom is 0.0497 e. The lowest BCUT2D eigenvalue weighted by molar-refractivity contribution is 0.177. The van der Waals surface area contributed by atoms with Gasteiger partial charge < -0.3 is 4.74 Å². The van der Waals surface area contributed by atoms with Crippen molar-refractivity contribution in [3.05, 3.63) is 0 Å². The minimum absolute atomic E-state index is 0.817. The van der Waals surface area contributed by atoms with Crippen LogP contribution in [0.2, 0.25) is 0 Å². The molecule has 1 rings (SSSR count). The van der Waals surface area contributed by atoms with Crippen LogP contribution in [0, 0.1) is 11.8 Å². The number of ether oxygens (including phenoxy) is 1. The molecule has 0 aromatic rings. The highest BCUT2D eigenvalue weighted by molar-refractivity contribution is 4.66. The van der Waals surface area contributed by atoms with Gasteiger partial charge >= 0.3 is 0 Å². The van der Waals surface area contributed by atoms with Crippen molar-refractivity contribution in [1.82, 2.24) is 0 Å². The third kappa shape index (κ3) is 1.22. The Balaban J connectivity index is 2.24. The molecule has 8 heavy (non-hydrogen) atoms. The molecular weight excluding hydrogens is 100 g/mol. The summed E-state index contributed by atoms with van der Waals surface area (Å²) < 4.78 is 5.22. The molecule has 0 amide bonds. The summed E-state index contributed by atoms with van der Waals surface area (Å²) in [6.07, 6.45) is 1.28. The maximum absolute atomic E-state index is 5.22. The first kappa shape index (κ1) is 6.09. The summed E-state index contributed by atoms with van der Waals surface area (Å²) in [5.74, 6) is 1.66. The van der Waals surface area contributed by atoms with E-state index in [4.69, 9.17) is 4.74 Å². The van der Waals surface area contributed by atoms with Crippen molar-refractivity contribution in [2.45, 2.75) is 20.3 Å². The molecule has 0 spiro atoms. The van der Waals surface area contributed by atoms with Gasteiger partial charge in [0.25, 0.3) is 0 Å². The molecule has 0 aromatic carbocycles. The Bertz CT molecular complexity index is 62.8. The van der Waals surface area contributed by atoms with Crippen molar-refractivity contribution in [2.75, 3.05) is 13.2 Å². The predicted octanol–water partition coefficient (Wildman–Crippen LogP) is 1.68. The van der Waals surface area contributed by atoms with E-state index in [2.05, 4.69) is 13.8 Å². The molecule has 0 saturated carbocycles. The Kier molecular flexibility index (Phi) is 1.90. The normalized spacial score (nSPS) is 29.6. The van der Waals surface area contributed by atoms with Crippen LogP contribution in [0.5, 0.6) is 0 Å². The average Bonchev–Trinajstić information content (AvgIpc) is 2.12. The van der Waals surface area contributed by atoms with Gasteiger partial charge in [0.05, 0.1) is 0 Å². The molecule has 1 heterocycles. The van der Waals surface area contributed by atoms with Crippen molar-refractivity contribution < 1.29 is 4.74 Å². The molecule has 0 radical (unpaired) electrons. The van der Waals surface area contributed by atoms with Crippen LogP contribution in [-0.2, 0) is 4.74 Å². The molecule has 1 fully saturated rings. The van der Waals surface area contributed by atoms with Gasteiger partial charge in [0.2, 0.25) is 0 Å². The topological polar surface area (TPSA) is 9.23 Å². The summed E-state index contributed by atoms with van der Waals surface area (Å²) in [5.41, 5.74) is 0. The SMILES string of the molecule is CC(C)[C@H]1CCOC1. The zero-order chi connectivity index (χ0) is 5.98. The van der Waals surface area contributed by atoms with Gasteiger partial charge in [-0.3, -0.25) is 0 Å². The Morgan fingerprint density at radius 3 is 2.50 bits per heavy atom. The van der Waals surface area contributed by atoms with Gasteiger partial charge in [-0.05, 0) is 18.3 Å². The summed E-state index contributed by atoms with van der Waals surface area (Å²) in [5, 5.41) is 0. The molecule has 0 bridgehead atoms. The summed E-state index contributed by atoms with van der Waals surface area (Å²) in [6, 6.07) is 0. The minimum atomic E-state index is 0.817. The highest BCUT2D eigenvalue weighted by atomic mass is 16.5. The quantitative estimate of drug-likeness (QED) is 0.504. The molecule has 1 heteroatoms. The molecule has 0 unspecified atom stereocenters. The molecule has 0 aliphatic carbocycles. The van der Waals surface area contributed by atoms with Gasteiger partial charge in [-0.15, -0.1) is 0 Å². The second kappa shape index (κ2) is 2.49. The van der Waals surface area contributed by atoms with Crippen molar-refractivity contribution in [2.24, 2.45) is 11.8 Å². The smallest absolute Gasteiger partial charge is 0.0497 e. The maximum atomic E-state index is 5.22. The van der Waals surface area contributed by atoms with Crippen molar-refractivity contribution >= 4 is 0 Å². The average molecular weight is 114 g/mol. The van der Waals surface area contributed by atoms with E-state index < -0.39 is 0 Å². The highest BCUT2D eigenvalue weighted by Crippen LogP contribution is 2.20. The monoisotopic (exact) mass is 114 g/mol. The van der Waals surface area contributed by atoms with Crippen LogP contribution in [0.25, 0.3) is 0 Å². The van der Waals surface area contributed by atoms with Crippen molar-refractivity contribution in [3.63, 3.8) is 0 Å². The first-order valence-electron chi connectivity index (χ1n) is 3.38. The fourth-order valence-corrected chi connectivity index (χ4v) is 1.08. The van der Waals surface area contributed by atoms with E-state index in [0.717, 1.165) is 25.0 Å². The minimum Gasteiger partial charge on any atom is -0.381 e. The van der Waals surface area contributed by atoms with E-state index in [1.54, 1.807) is 0 Å². The molecule has 0 aromatic heterocycles. The predicted molar refractivity (Wildman–Crippen MR) is 33.8 cm³/mol. The lowest BCUT2D eigenvalue weighted by Crippen LogP contribution is -2.06. The fourth-order valence-electron chi connectivity index (χ4n) is 1.08. The molecule has 1 saturated heterocycles. The lowest BCUT2D eigenvalue weighted by Gasteiger charge is -2.09. The highest BCUT2D eigenvalue weighted by Gasteiger charge is 2.17.